The van der Waals surface area contributed by atoms with Gasteiger partial charge in [-0.3, -0.25) is 9.78 Å². The van der Waals surface area contributed by atoms with Gasteiger partial charge >= 0.3 is 0 Å². The molecule has 1 N–H and O–H groups in total. The number of amides is 1. The Bertz CT molecular complexity index is 615. The molecular formula is C15H15ClN2O. The third-order valence-corrected chi connectivity index (χ3v) is 3.09. The van der Waals surface area contributed by atoms with Crippen molar-refractivity contribution in [3.63, 3.8) is 0 Å². The zero-order chi connectivity index (χ0) is 14.0. The lowest BCUT2D eigenvalue weighted by Gasteiger charge is -2.12. The first-order valence-corrected chi connectivity index (χ1v) is 6.37. The van der Waals surface area contributed by atoms with Crippen LogP contribution < -0.4 is 5.32 Å². The largest absolute Gasteiger partial charge is 0.320 e. The molecule has 1 heterocycles. The molecule has 4 heteroatoms. The van der Waals surface area contributed by atoms with Crippen molar-refractivity contribution in [2.75, 3.05) is 5.32 Å². The Balaban J connectivity index is 2.29. The Morgan fingerprint density at radius 1 is 1.21 bits per heavy atom. The summed E-state index contributed by atoms with van der Waals surface area (Å²) >= 11 is 5.88. The fraction of sp³-hybridized carbons (Fsp3) is 0.200. The molecule has 0 bridgehead atoms. The molecule has 0 saturated carbocycles. The molecule has 2 rings (SSSR count). The van der Waals surface area contributed by atoms with Crippen molar-refractivity contribution in [2.24, 2.45) is 0 Å². The van der Waals surface area contributed by atoms with Gasteiger partial charge in [0.15, 0.2) is 0 Å². The van der Waals surface area contributed by atoms with E-state index in [1.54, 1.807) is 24.3 Å². The minimum absolute atomic E-state index is 0.181. The van der Waals surface area contributed by atoms with Crippen molar-refractivity contribution >= 4 is 23.2 Å². The van der Waals surface area contributed by atoms with Crippen molar-refractivity contribution < 1.29 is 4.79 Å². The van der Waals surface area contributed by atoms with Gasteiger partial charge in [0, 0.05) is 16.3 Å². The zero-order valence-electron chi connectivity index (χ0n) is 11.1. The molecule has 98 valence electrons. The van der Waals surface area contributed by atoms with Crippen LogP contribution in [-0.2, 0) is 0 Å². The average molecular weight is 275 g/mol. The zero-order valence-corrected chi connectivity index (χ0v) is 11.9. The Hall–Kier alpha value is -1.87. The maximum Gasteiger partial charge on any atom is 0.255 e. The SMILES string of the molecule is Cc1cc(C)c(NC(=O)c2cccc(Cl)c2)c(C)n1. The van der Waals surface area contributed by atoms with E-state index in [0.29, 0.717) is 10.6 Å². The molecule has 19 heavy (non-hydrogen) atoms. The molecule has 0 aliphatic carbocycles. The molecule has 0 aliphatic heterocycles. The van der Waals surface area contributed by atoms with Crippen LogP contribution in [0.4, 0.5) is 5.69 Å². The fourth-order valence-electron chi connectivity index (χ4n) is 2.03. The number of carbonyl (C=O) groups is 1. The predicted octanol–water partition coefficient (Wildman–Crippen LogP) is 3.91. The third kappa shape index (κ3) is 3.12. The molecule has 1 aromatic carbocycles. The van der Waals surface area contributed by atoms with Gasteiger partial charge in [0.1, 0.15) is 0 Å². The van der Waals surface area contributed by atoms with Gasteiger partial charge in [0.2, 0.25) is 0 Å². The van der Waals surface area contributed by atoms with Crippen LogP contribution in [0, 0.1) is 20.8 Å². The molecular weight excluding hydrogens is 260 g/mol. The average Bonchev–Trinajstić information content (AvgIpc) is 2.33. The summed E-state index contributed by atoms with van der Waals surface area (Å²) in [6.45, 7) is 5.77. The smallest absolute Gasteiger partial charge is 0.255 e. The van der Waals surface area contributed by atoms with Crippen molar-refractivity contribution in [3.05, 3.63) is 57.9 Å². The number of aryl methyl sites for hydroxylation is 3. The normalized spacial score (nSPS) is 10.3. The molecule has 1 amide bonds. The third-order valence-electron chi connectivity index (χ3n) is 2.85. The highest BCUT2D eigenvalue weighted by Crippen LogP contribution is 2.20. The molecule has 0 aliphatic rings. The van der Waals surface area contributed by atoms with E-state index in [4.69, 9.17) is 11.6 Å². The lowest BCUT2D eigenvalue weighted by Crippen LogP contribution is -2.14. The number of aromatic nitrogens is 1. The van der Waals surface area contributed by atoms with Gasteiger partial charge in [0.25, 0.3) is 5.91 Å². The summed E-state index contributed by atoms with van der Waals surface area (Å²) in [5, 5.41) is 3.43. The molecule has 0 unspecified atom stereocenters. The van der Waals surface area contributed by atoms with E-state index in [0.717, 1.165) is 22.6 Å². The second-order valence-corrected chi connectivity index (χ2v) is 4.94. The lowest BCUT2D eigenvalue weighted by molar-refractivity contribution is 0.102. The summed E-state index contributed by atoms with van der Waals surface area (Å²) in [5.41, 5.74) is 4.05. The number of hydrogen-bond donors (Lipinski definition) is 1. The quantitative estimate of drug-likeness (QED) is 0.902. The van der Waals surface area contributed by atoms with Gasteiger partial charge in [-0.05, 0) is 50.6 Å². The summed E-state index contributed by atoms with van der Waals surface area (Å²) in [6, 6.07) is 8.81. The molecule has 0 atom stereocenters. The van der Waals surface area contributed by atoms with Gasteiger partial charge in [0.05, 0.1) is 11.4 Å². The summed E-state index contributed by atoms with van der Waals surface area (Å²) in [7, 11) is 0. The topological polar surface area (TPSA) is 42.0 Å². The Morgan fingerprint density at radius 2 is 1.95 bits per heavy atom. The first kappa shape index (κ1) is 13.6. The number of pyridine rings is 1. The van der Waals surface area contributed by atoms with Gasteiger partial charge in [-0.25, -0.2) is 0 Å². The van der Waals surface area contributed by atoms with E-state index in [1.807, 2.05) is 26.8 Å². The standard InChI is InChI=1S/C15H15ClN2O/c1-9-7-10(2)17-11(3)14(9)18-15(19)12-5-4-6-13(16)8-12/h4-8H,1-3H3,(H,18,19). The highest BCUT2D eigenvalue weighted by Gasteiger charge is 2.11. The number of benzene rings is 1. The first-order chi connectivity index (χ1) is 8.97. The lowest BCUT2D eigenvalue weighted by atomic mass is 10.1. The maximum absolute atomic E-state index is 12.2. The van der Waals surface area contributed by atoms with Crippen molar-refractivity contribution in [1.82, 2.24) is 4.98 Å². The number of rotatable bonds is 2. The molecule has 2 aromatic rings. The molecule has 0 saturated heterocycles. The van der Waals surface area contributed by atoms with Crippen LogP contribution in [-0.4, -0.2) is 10.9 Å². The second kappa shape index (κ2) is 5.41. The van der Waals surface area contributed by atoms with Crippen LogP contribution >= 0.6 is 11.6 Å². The molecule has 0 radical (unpaired) electrons. The summed E-state index contributed by atoms with van der Waals surface area (Å²) in [6.07, 6.45) is 0. The predicted molar refractivity (Wildman–Crippen MR) is 77.9 cm³/mol. The summed E-state index contributed by atoms with van der Waals surface area (Å²) in [5.74, 6) is -0.181. The molecule has 1 aromatic heterocycles. The van der Waals surface area contributed by atoms with Gasteiger partial charge < -0.3 is 5.32 Å². The Kier molecular flexibility index (Phi) is 3.86. The van der Waals surface area contributed by atoms with E-state index in [-0.39, 0.29) is 5.91 Å². The van der Waals surface area contributed by atoms with Crippen molar-refractivity contribution in [1.29, 1.82) is 0 Å². The number of hydrogen-bond acceptors (Lipinski definition) is 2. The Labute approximate surface area is 117 Å². The molecule has 3 nitrogen and oxygen atoms in total. The minimum Gasteiger partial charge on any atom is -0.320 e. The highest BCUT2D eigenvalue weighted by molar-refractivity contribution is 6.31. The van der Waals surface area contributed by atoms with Crippen LogP contribution in [0.15, 0.2) is 30.3 Å². The van der Waals surface area contributed by atoms with E-state index >= 15 is 0 Å². The fourth-order valence-corrected chi connectivity index (χ4v) is 2.22. The maximum atomic E-state index is 12.2. The van der Waals surface area contributed by atoms with E-state index in [9.17, 15) is 4.79 Å². The number of anilines is 1. The molecule has 0 spiro atoms. The number of carbonyl (C=O) groups excluding carboxylic acids is 1. The van der Waals surface area contributed by atoms with Gasteiger partial charge in [-0.2, -0.15) is 0 Å². The summed E-state index contributed by atoms with van der Waals surface area (Å²) < 4.78 is 0. The molecule has 0 fully saturated rings. The van der Waals surface area contributed by atoms with E-state index in [2.05, 4.69) is 10.3 Å². The van der Waals surface area contributed by atoms with E-state index < -0.39 is 0 Å². The van der Waals surface area contributed by atoms with Crippen LogP contribution in [0.1, 0.15) is 27.3 Å². The Morgan fingerprint density at radius 3 is 2.58 bits per heavy atom. The monoisotopic (exact) mass is 274 g/mol. The number of nitrogens with zero attached hydrogens (tertiary/aromatic N) is 1. The van der Waals surface area contributed by atoms with Crippen molar-refractivity contribution in [2.45, 2.75) is 20.8 Å². The summed E-state index contributed by atoms with van der Waals surface area (Å²) in [4.78, 5) is 16.5. The number of nitrogens with one attached hydrogen (secondary N) is 1. The van der Waals surface area contributed by atoms with Gasteiger partial charge in [-0.15, -0.1) is 0 Å². The van der Waals surface area contributed by atoms with Gasteiger partial charge in [-0.1, -0.05) is 17.7 Å². The van der Waals surface area contributed by atoms with Crippen LogP contribution in [0.2, 0.25) is 5.02 Å². The first-order valence-electron chi connectivity index (χ1n) is 5.99. The van der Waals surface area contributed by atoms with Crippen LogP contribution in [0.25, 0.3) is 0 Å². The number of halogens is 1. The van der Waals surface area contributed by atoms with Crippen LogP contribution in [0.5, 0.6) is 0 Å². The van der Waals surface area contributed by atoms with Crippen molar-refractivity contribution in [3.8, 4) is 0 Å². The van der Waals surface area contributed by atoms with E-state index in [1.165, 1.54) is 0 Å². The second-order valence-electron chi connectivity index (χ2n) is 4.51. The minimum atomic E-state index is -0.181. The van der Waals surface area contributed by atoms with Crippen LogP contribution in [0.3, 0.4) is 0 Å². The highest BCUT2D eigenvalue weighted by atomic mass is 35.5.